The number of alkyl halides is 1. The lowest BCUT2D eigenvalue weighted by Crippen LogP contribution is -1.97. The number of halogens is 2. The quantitative estimate of drug-likeness (QED) is 0.671. The first-order chi connectivity index (χ1) is 8.61. The van der Waals surface area contributed by atoms with Gasteiger partial charge in [0.25, 0.3) is 0 Å². The van der Waals surface area contributed by atoms with E-state index in [0.717, 1.165) is 15.8 Å². The van der Waals surface area contributed by atoms with E-state index in [1.54, 1.807) is 7.11 Å². The topological polar surface area (TPSA) is 9.23 Å². The second-order valence-corrected chi connectivity index (χ2v) is 5.99. The molecule has 18 heavy (non-hydrogen) atoms. The first kappa shape index (κ1) is 13.6. The Bertz CT molecular complexity index is 552. The maximum atomic E-state index is 5.43. The molecule has 1 unspecified atom stereocenters. The second-order valence-electron chi connectivity index (χ2n) is 4.16. The minimum atomic E-state index is 0.129. The second kappa shape index (κ2) is 5.89. The van der Waals surface area contributed by atoms with Gasteiger partial charge in [0, 0.05) is 10.0 Å². The molecule has 0 aliphatic carbocycles. The Kier molecular flexibility index (Phi) is 4.46. The van der Waals surface area contributed by atoms with E-state index in [0.29, 0.717) is 0 Å². The van der Waals surface area contributed by atoms with E-state index >= 15 is 0 Å². The Balaban J connectivity index is 2.44. The summed E-state index contributed by atoms with van der Waals surface area (Å²) in [7, 11) is 1.70. The van der Waals surface area contributed by atoms with Crippen LogP contribution in [0, 0.1) is 6.92 Å². The van der Waals surface area contributed by atoms with E-state index in [2.05, 4.69) is 63.0 Å². The molecule has 0 amide bonds. The van der Waals surface area contributed by atoms with Crippen LogP contribution < -0.4 is 4.74 Å². The summed E-state index contributed by atoms with van der Waals surface area (Å²) in [6.07, 6.45) is 0. The van der Waals surface area contributed by atoms with Gasteiger partial charge in [-0.15, -0.1) is 0 Å². The molecule has 0 radical (unpaired) electrons. The molecule has 2 aromatic rings. The number of rotatable bonds is 3. The predicted octanol–water partition coefficient (Wildman–Crippen LogP) is 5.25. The van der Waals surface area contributed by atoms with Crippen molar-refractivity contribution in [1.29, 1.82) is 0 Å². The van der Waals surface area contributed by atoms with Gasteiger partial charge in [-0.25, -0.2) is 0 Å². The van der Waals surface area contributed by atoms with Gasteiger partial charge in [-0.1, -0.05) is 61.7 Å². The monoisotopic (exact) mass is 368 g/mol. The summed E-state index contributed by atoms with van der Waals surface area (Å²) in [5.41, 5.74) is 3.58. The smallest absolute Gasteiger partial charge is 0.123 e. The summed E-state index contributed by atoms with van der Waals surface area (Å²) in [6.45, 7) is 2.09. The molecular weight excluding hydrogens is 356 g/mol. The van der Waals surface area contributed by atoms with Crippen molar-refractivity contribution in [3.8, 4) is 5.75 Å². The Morgan fingerprint density at radius 2 is 1.89 bits per heavy atom. The average Bonchev–Trinajstić information content (AvgIpc) is 2.38. The van der Waals surface area contributed by atoms with Crippen molar-refractivity contribution in [2.75, 3.05) is 7.11 Å². The van der Waals surface area contributed by atoms with Gasteiger partial charge in [-0.3, -0.25) is 0 Å². The summed E-state index contributed by atoms with van der Waals surface area (Å²) in [5, 5.41) is 0. The van der Waals surface area contributed by atoms with Gasteiger partial charge >= 0.3 is 0 Å². The van der Waals surface area contributed by atoms with E-state index in [1.807, 2.05) is 18.2 Å². The first-order valence-corrected chi connectivity index (χ1v) is 7.36. The number of hydrogen-bond donors (Lipinski definition) is 0. The van der Waals surface area contributed by atoms with Crippen LogP contribution in [0.3, 0.4) is 0 Å². The van der Waals surface area contributed by atoms with Crippen molar-refractivity contribution in [2.45, 2.75) is 11.8 Å². The highest BCUT2D eigenvalue weighted by Gasteiger charge is 2.15. The predicted molar refractivity (Wildman–Crippen MR) is 82.6 cm³/mol. The van der Waals surface area contributed by atoms with E-state index < -0.39 is 0 Å². The van der Waals surface area contributed by atoms with Crippen LogP contribution in [-0.2, 0) is 0 Å². The zero-order valence-electron chi connectivity index (χ0n) is 10.3. The van der Waals surface area contributed by atoms with E-state index in [1.165, 1.54) is 11.1 Å². The SMILES string of the molecule is COc1ccc(C)cc1C(Br)c1cccc(Br)c1. The Labute approximate surface area is 124 Å². The summed E-state index contributed by atoms with van der Waals surface area (Å²) in [5.74, 6) is 0.905. The summed E-state index contributed by atoms with van der Waals surface area (Å²) in [6, 6.07) is 14.5. The lowest BCUT2D eigenvalue weighted by atomic mass is 10.0. The van der Waals surface area contributed by atoms with Crippen molar-refractivity contribution in [2.24, 2.45) is 0 Å². The number of benzene rings is 2. The summed E-state index contributed by atoms with van der Waals surface area (Å²) < 4.78 is 6.51. The maximum Gasteiger partial charge on any atom is 0.123 e. The van der Waals surface area contributed by atoms with Crippen molar-refractivity contribution >= 4 is 31.9 Å². The molecule has 0 aliphatic rings. The van der Waals surface area contributed by atoms with Gasteiger partial charge in [-0.2, -0.15) is 0 Å². The standard InChI is InChI=1S/C15H14Br2O/c1-10-6-7-14(18-2)13(8-10)15(17)11-4-3-5-12(16)9-11/h3-9,15H,1-2H3. The fourth-order valence-corrected chi connectivity index (χ4v) is 2.96. The van der Waals surface area contributed by atoms with Crippen LogP contribution in [0.2, 0.25) is 0 Å². The maximum absolute atomic E-state index is 5.43. The number of hydrogen-bond acceptors (Lipinski definition) is 1. The molecular formula is C15H14Br2O. The largest absolute Gasteiger partial charge is 0.496 e. The van der Waals surface area contributed by atoms with Gasteiger partial charge in [0.15, 0.2) is 0 Å². The van der Waals surface area contributed by atoms with Crippen LogP contribution in [0.1, 0.15) is 21.5 Å². The third kappa shape index (κ3) is 2.96. The van der Waals surface area contributed by atoms with Crippen LogP contribution in [0.4, 0.5) is 0 Å². The average molecular weight is 370 g/mol. The Morgan fingerprint density at radius 1 is 1.11 bits per heavy atom. The van der Waals surface area contributed by atoms with Gasteiger partial charge in [-0.05, 0) is 30.7 Å². The van der Waals surface area contributed by atoms with Crippen LogP contribution in [0.15, 0.2) is 46.9 Å². The minimum Gasteiger partial charge on any atom is -0.496 e. The zero-order chi connectivity index (χ0) is 13.1. The van der Waals surface area contributed by atoms with Crippen molar-refractivity contribution < 1.29 is 4.74 Å². The van der Waals surface area contributed by atoms with E-state index in [-0.39, 0.29) is 4.83 Å². The fraction of sp³-hybridized carbons (Fsp3) is 0.200. The molecule has 0 fully saturated rings. The highest BCUT2D eigenvalue weighted by atomic mass is 79.9. The molecule has 94 valence electrons. The summed E-state index contributed by atoms with van der Waals surface area (Å²) >= 11 is 7.25. The molecule has 0 saturated carbocycles. The lowest BCUT2D eigenvalue weighted by Gasteiger charge is -2.15. The molecule has 0 aliphatic heterocycles. The highest BCUT2D eigenvalue weighted by molar-refractivity contribution is 9.10. The van der Waals surface area contributed by atoms with Gasteiger partial charge < -0.3 is 4.74 Å². The third-order valence-electron chi connectivity index (χ3n) is 2.80. The molecule has 3 heteroatoms. The Morgan fingerprint density at radius 3 is 2.56 bits per heavy atom. The first-order valence-electron chi connectivity index (χ1n) is 5.66. The van der Waals surface area contributed by atoms with E-state index in [4.69, 9.17) is 4.74 Å². The molecule has 0 aromatic heterocycles. The molecule has 1 atom stereocenters. The molecule has 1 nitrogen and oxygen atoms in total. The molecule has 0 bridgehead atoms. The van der Waals surface area contributed by atoms with Gasteiger partial charge in [0.1, 0.15) is 5.75 Å². The summed E-state index contributed by atoms with van der Waals surface area (Å²) in [4.78, 5) is 0.129. The third-order valence-corrected chi connectivity index (χ3v) is 4.31. The number of aryl methyl sites for hydroxylation is 1. The molecule has 0 heterocycles. The molecule has 2 aromatic carbocycles. The van der Waals surface area contributed by atoms with Crippen LogP contribution in [0.5, 0.6) is 5.75 Å². The number of methoxy groups -OCH3 is 1. The Hall–Kier alpha value is -0.800. The van der Waals surface area contributed by atoms with Crippen molar-refractivity contribution in [3.05, 3.63) is 63.6 Å². The fourth-order valence-electron chi connectivity index (χ4n) is 1.90. The van der Waals surface area contributed by atoms with Gasteiger partial charge in [0.05, 0.1) is 11.9 Å². The molecule has 0 spiro atoms. The molecule has 0 saturated heterocycles. The normalized spacial score (nSPS) is 12.2. The number of ether oxygens (including phenoxy) is 1. The van der Waals surface area contributed by atoms with Crippen LogP contribution in [-0.4, -0.2) is 7.11 Å². The van der Waals surface area contributed by atoms with Crippen molar-refractivity contribution in [3.63, 3.8) is 0 Å². The van der Waals surface area contributed by atoms with Crippen molar-refractivity contribution in [1.82, 2.24) is 0 Å². The van der Waals surface area contributed by atoms with Gasteiger partial charge in [0.2, 0.25) is 0 Å². The van der Waals surface area contributed by atoms with E-state index in [9.17, 15) is 0 Å². The van der Waals surface area contributed by atoms with Crippen LogP contribution >= 0.6 is 31.9 Å². The zero-order valence-corrected chi connectivity index (χ0v) is 13.5. The molecule has 2 rings (SSSR count). The van der Waals surface area contributed by atoms with Crippen LogP contribution in [0.25, 0.3) is 0 Å². The highest BCUT2D eigenvalue weighted by Crippen LogP contribution is 2.37. The molecule has 0 N–H and O–H groups in total. The minimum absolute atomic E-state index is 0.129. The lowest BCUT2D eigenvalue weighted by molar-refractivity contribution is 0.410.